The van der Waals surface area contributed by atoms with Crippen molar-refractivity contribution in [2.45, 2.75) is 32.1 Å². The molecular weight excluding hydrogens is 431 g/mol. The van der Waals surface area contributed by atoms with Crippen molar-refractivity contribution < 1.29 is 9.23 Å². The summed E-state index contributed by atoms with van der Waals surface area (Å²) >= 11 is 0. The third-order valence-electron chi connectivity index (χ3n) is 6.39. The molecule has 1 atom stereocenters. The smallest absolute Gasteiger partial charge is 0.129 e. The van der Waals surface area contributed by atoms with Crippen molar-refractivity contribution >= 4 is 18.1 Å². The van der Waals surface area contributed by atoms with Crippen molar-refractivity contribution in [2.24, 2.45) is 20.9 Å². The molecule has 0 spiro atoms. The molecule has 2 N–H and O–H groups in total. The van der Waals surface area contributed by atoms with Gasteiger partial charge >= 0.3 is 0 Å². The monoisotopic (exact) mass is 462 g/mol. The highest BCUT2D eigenvalue weighted by Gasteiger charge is 2.32. The largest absolute Gasteiger partial charge is 0.394 e. The molecule has 178 valence electrons. The minimum atomic E-state index is -0.287. The fourth-order valence-corrected chi connectivity index (χ4v) is 4.52. The molecule has 2 fully saturated rings. The maximum absolute atomic E-state index is 14.3. The molecule has 1 saturated carbocycles. The van der Waals surface area contributed by atoms with E-state index in [9.17, 15) is 4.39 Å². The molecule has 1 saturated heterocycles. The second-order valence-corrected chi connectivity index (χ2v) is 8.55. The van der Waals surface area contributed by atoms with E-state index < -0.39 is 0 Å². The van der Waals surface area contributed by atoms with Gasteiger partial charge < -0.3 is 10.6 Å². The van der Waals surface area contributed by atoms with Crippen LogP contribution in [0.15, 0.2) is 69.1 Å². The van der Waals surface area contributed by atoms with Crippen LogP contribution in [0.2, 0.25) is 0 Å². The zero-order valence-electron chi connectivity index (χ0n) is 19.6. The number of oxime groups is 1. The van der Waals surface area contributed by atoms with E-state index >= 15 is 0 Å². The van der Waals surface area contributed by atoms with Gasteiger partial charge in [-0.05, 0) is 74.8 Å². The van der Waals surface area contributed by atoms with Crippen LogP contribution >= 0.6 is 0 Å². The van der Waals surface area contributed by atoms with Crippen LogP contribution in [0.4, 0.5) is 4.39 Å². The molecule has 4 rings (SSSR count). The maximum atomic E-state index is 14.3. The number of halogens is 1. The molecule has 1 aromatic heterocycles. The molecule has 0 bridgehead atoms. The van der Waals surface area contributed by atoms with Gasteiger partial charge in [-0.3, -0.25) is 19.9 Å². The van der Waals surface area contributed by atoms with E-state index in [0.29, 0.717) is 19.4 Å². The summed E-state index contributed by atoms with van der Waals surface area (Å²) < 4.78 is 14.3. The van der Waals surface area contributed by atoms with Crippen LogP contribution in [0.5, 0.6) is 0 Å². The van der Waals surface area contributed by atoms with Crippen LogP contribution in [0.3, 0.4) is 0 Å². The van der Waals surface area contributed by atoms with Gasteiger partial charge in [0.05, 0.1) is 12.4 Å². The first kappa shape index (κ1) is 23.9. The number of likely N-dealkylation sites (tertiary alicyclic amines) is 1. The minimum absolute atomic E-state index is 0.0141. The second-order valence-electron chi connectivity index (χ2n) is 8.55. The van der Waals surface area contributed by atoms with Crippen LogP contribution in [0.1, 0.15) is 37.7 Å². The molecule has 0 amide bonds. The molecule has 34 heavy (non-hydrogen) atoms. The van der Waals surface area contributed by atoms with Gasteiger partial charge in [-0.1, -0.05) is 17.3 Å². The van der Waals surface area contributed by atoms with Crippen molar-refractivity contribution in [1.82, 2.24) is 9.88 Å². The normalized spacial score (nSPS) is 22.5. The second kappa shape index (κ2) is 11.3. The van der Waals surface area contributed by atoms with E-state index in [2.05, 4.69) is 31.7 Å². The predicted octanol–water partition coefficient (Wildman–Crippen LogP) is 4.18. The number of nitrogens with two attached hydrogens (primary N) is 1. The number of nitrogens with zero attached hydrogens (tertiary/aromatic N) is 5. The highest BCUT2D eigenvalue weighted by Crippen LogP contribution is 2.39. The zero-order chi connectivity index (χ0) is 23.9. The summed E-state index contributed by atoms with van der Waals surface area (Å²) in [5.41, 5.74) is 11.7. The number of aromatic nitrogens is 1. The lowest BCUT2D eigenvalue weighted by atomic mass is 9.76. The van der Waals surface area contributed by atoms with Crippen LogP contribution in [-0.2, 0) is 4.84 Å². The third kappa shape index (κ3) is 5.46. The van der Waals surface area contributed by atoms with Gasteiger partial charge in [0, 0.05) is 47.9 Å². The Kier molecular flexibility index (Phi) is 7.92. The van der Waals surface area contributed by atoms with E-state index in [0.717, 1.165) is 59.0 Å². The number of hydrogen-bond donors (Lipinski definition) is 1. The average molecular weight is 463 g/mol. The van der Waals surface area contributed by atoms with Crippen molar-refractivity contribution in [3.05, 3.63) is 65.4 Å². The Bertz CT molecular complexity index is 1110. The standard InChI is InChI=1S/C26H31FN6O/c1-18(29-2)26-24(31-17-28)13-20(14-25(26)32-34-12-11-33-9-4-10-33)22-7-6-21(27)15-23(22)19-5-3-8-30-16-19/h3,5-8,15-16,20H,2,4,9-14,17,28H2,1H3/b26-18+,31-24-,32-25+. The van der Waals surface area contributed by atoms with Crippen molar-refractivity contribution in [3.63, 3.8) is 0 Å². The number of hydrogen-bond acceptors (Lipinski definition) is 7. The molecule has 2 aliphatic rings. The molecule has 7 nitrogen and oxygen atoms in total. The van der Waals surface area contributed by atoms with Crippen molar-refractivity contribution in [3.8, 4) is 11.1 Å². The van der Waals surface area contributed by atoms with Gasteiger partial charge in [0.25, 0.3) is 0 Å². The van der Waals surface area contributed by atoms with Gasteiger partial charge in [0.1, 0.15) is 12.4 Å². The number of allylic oxidation sites excluding steroid dienone is 2. The van der Waals surface area contributed by atoms with E-state index in [-0.39, 0.29) is 18.4 Å². The highest BCUT2D eigenvalue weighted by atomic mass is 19.1. The van der Waals surface area contributed by atoms with E-state index in [4.69, 9.17) is 10.6 Å². The maximum Gasteiger partial charge on any atom is 0.129 e. The van der Waals surface area contributed by atoms with Gasteiger partial charge in [-0.2, -0.15) is 0 Å². The van der Waals surface area contributed by atoms with Crippen LogP contribution in [-0.4, -0.2) is 60.9 Å². The van der Waals surface area contributed by atoms with Gasteiger partial charge in [-0.15, -0.1) is 0 Å². The van der Waals surface area contributed by atoms with Crippen molar-refractivity contribution in [1.29, 1.82) is 0 Å². The highest BCUT2D eigenvalue weighted by molar-refractivity contribution is 6.27. The third-order valence-corrected chi connectivity index (χ3v) is 6.39. The summed E-state index contributed by atoms with van der Waals surface area (Å²) in [5.74, 6) is -0.273. The fraction of sp³-hybridized carbons (Fsp3) is 0.385. The predicted molar refractivity (Wildman–Crippen MR) is 135 cm³/mol. The molecular formula is C26H31FN6O. The number of pyridine rings is 1. The Morgan fingerprint density at radius 2 is 2.09 bits per heavy atom. The number of benzene rings is 1. The van der Waals surface area contributed by atoms with Gasteiger partial charge in [0.15, 0.2) is 0 Å². The Labute approximate surface area is 199 Å². The van der Waals surface area contributed by atoms with Gasteiger partial charge in [-0.25, -0.2) is 4.39 Å². The van der Waals surface area contributed by atoms with E-state index in [1.165, 1.54) is 12.5 Å². The van der Waals surface area contributed by atoms with Crippen LogP contribution in [0.25, 0.3) is 11.1 Å². The first-order chi connectivity index (χ1) is 16.6. The number of aliphatic imine (C=N–C) groups is 2. The van der Waals surface area contributed by atoms with E-state index in [1.807, 2.05) is 25.1 Å². The van der Waals surface area contributed by atoms with E-state index in [1.54, 1.807) is 18.5 Å². The lowest BCUT2D eigenvalue weighted by molar-refractivity contribution is 0.0850. The molecule has 1 aromatic carbocycles. The summed E-state index contributed by atoms with van der Waals surface area (Å²) in [4.78, 5) is 21.0. The Hall–Kier alpha value is -3.23. The average Bonchev–Trinajstić information content (AvgIpc) is 2.83. The summed E-state index contributed by atoms with van der Waals surface area (Å²) in [7, 11) is 0. The Morgan fingerprint density at radius 3 is 2.76 bits per heavy atom. The fourth-order valence-electron chi connectivity index (χ4n) is 4.52. The molecule has 2 aromatic rings. The summed E-state index contributed by atoms with van der Waals surface area (Å²) in [5, 5.41) is 4.53. The topological polar surface area (TPSA) is 88.5 Å². The number of rotatable bonds is 8. The Balaban J connectivity index is 1.69. The summed E-state index contributed by atoms with van der Waals surface area (Å²) in [6.07, 6.45) is 5.93. The molecule has 2 heterocycles. The van der Waals surface area contributed by atoms with Crippen LogP contribution < -0.4 is 5.73 Å². The molecule has 8 heteroatoms. The lowest BCUT2D eigenvalue weighted by Gasteiger charge is -2.30. The summed E-state index contributed by atoms with van der Waals surface area (Å²) in [6.45, 7) is 9.34. The lowest BCUT2D eigenvalue weighted by Crippen LogP contribution is -2.39. The quantitative estimate of drug-likeness (QED) is 0.362. The SMILES string of the molecule is C=N/C(C)=C1C(=N/CN)\CC(c2ccc(F)cc2-c2cccnc2)CC\1=N/OCCN1CCC1. The van der Waals surface area contributed by atoms with Crippen molar-refractivity contribution in [2.75, 3.05) is 32.9 Å². The first-order valence-corrected chi connectivity index (χ1v) is 11.6. The molecule has 0 radical (unpaired) electrons. The summed E-state index contributed by atoms with van der Waals surface area (Å²) in [6, 6.07) is 8.70. The molecule has 1 aliphatic heterocycles. The Morgan fingerprint density at radius 1 is 1.26 bits per heavy atom. The van der Waals surface area contributed by atoms with Crippen LogP contribution in [0, 0.1) is 5.82 Å². The molecule has 1 aliphatic carbocycles. The first-order valence-electron chi connectivity index (χ1n) is 11.6. The molecule has 1 unspecified atom stereocenters. The zero-order valence-corrected chi connectivity index (χ0v) is 19.6. The van der Waals surface area contributed by atoms with Gasteiger partial charge in [0.2, 0.25) is 0 Å². The minimum Gasteiger partial charge on any atom is -0.394 e.